The van der Waals surface area contributed by atoms with Crippen molar-refractivity contribution in [3.05, 3.63) is 82.2 Å². The Morgan fingerprint density at radius 1 is 1.08 bits per heavy atom. The molecule has 0 saturated carbocycles. The SMILES string of the molecule is COc1ccc(C2CC(=O)c3c(csc3SCc3ccccc3)C2)cc1. The van der Waals surface area contributed by atoms with E-state index in [0.29, 0.717) is 6.42 Å². The minimum absolute atomic E-state index is 0.266. The van der Waals surface area contributed by atoms with Crippen molar-refractivity contribution in [2.45, 2.75) is 28.7 Å². The number of ketones is 1. The van der Waals surface area contributed by atoms with Gasteiger partial charge in [-0.3, -0.25) is 4.79 Å². The fraction of sp³-hybridized carbons (Fsp3) is 0.227. The van der Waals surface area contributed by atoms with E-state index in [0.717, 1.165) is 23.5 Å². The van der Waals surface area contributed by atoms with Crippen molar-refractivity contribution in [3.8, 4) is 5.75 Å². The molecular weight excluding hydrogens is 360 g/mol. The summed E-state index contributed by atoms with van der Waals surface area (Å²) in [5, 5.41) is 2.18. The molecule has 1 aromatic heterocycles. The lowest BCUT2D eigenvalue weighted by Gasteiger charge is -2.22. The number of benzene rings is 2. The van der Waals surface area contributed by atoms with E-state index < -0.39 is 0 Å². The van der Waals surface area contributed by atoms with Crippen LogP contribution in [0.1, 0.15) is 39.4 Å². The molecule has 2 aromatic carbocycles. The van der Waals surface area contributed by atoms with E-state index in [9.17, 15) is 4.79 Å². The lowest BCUT2D eigenvalue weighted by Crippen LogP contribution is -2.17. The van der Waals surface area contributed by atoms with Gasteiger partial charge in [0, 0.05) is 17.7 Å². The molecule has 1 unspecified atom stereocenters. The van der Waals surface area contributed by atoms with Crippen molar-refractivity contribution in [1.82, 2.24) is 0 Å². The van der Waals surface area contributed by atoms with Crippen LogP contribution in [0.15, 0.2) is 64.2 Å². The molecule has 132 valence electrons. The van der Waals surface area contributed by atoms with E-state index in [-0.39, 0.29) is 11.7 Å². The monoisotopic (exact) mass is 380 g/mol. The van der Waals surface area contributed by atoms with Crippen LogP contribution in [0.5, 0.6) is 5.75 Å². The van der Waals surface area contributed by atoms with Crippen LogP contribution in [0.2, 0.25) is 0 Å². The summed E-state index contributed by atoms with van der Waals surface area (Å²) in [4.78, 5) is 12.9. The average Bonchev–Trinajstić information content (AvgIpc) is 3.11. The van der Waals surface area contributed by atoms with Crippen LogP contribution in [0, 0.1) is 0 Å². The number of thiophene rings is 1. The number of carbonyl (C=O) groups excluding carboxylic acids is 1. The van der Waals surface area contributed by atoms with Crippen LogP contribution < -0.4 is 4.74 Å². The van der Waals surface area contributed by atoms with Crippen molar-refractivity contribution in [2.24, 2.45) is 0 Å². The number of ether oxygens (including phenoxy) is 1. The highest BCUT2D eigenvalue weighted by atomic mass is 32.2. The lowest BCUT2D eigenvalue weighted by atomic mass is 9.81. The summed E-state index contributed by atoms with van der Waals surface area (Å²) in [7, 11) is 1.67. The van der Waals surface area contributed by atoms with Gasteiger partial charge in [-0.1, -0.05) is 42.5 Å². The molecule has 0 fully saturated rings. The topological polar surface area (TPSA) is 26.3 Å². The smallest absolute Gasteiger partial charge is 0.165 e. The minimum atomic E-state index is 0.266. The van der Waals surface area contributed by atoms with Gasteiger partial charge in [0.25, 0.3) is 0 Å². The molecule has 0 amide bonds. The molecule has 0 spiro atoms. The zero-order valence-corrected chi connectivity index (χ0v) is 16.2. The van der Waals surface area contributed by atoms with Crippen molar-refractivity contribution >= 4 is 28.9 Å². The summed E-state index contributed by atoms with van der Waals surface area (Å²) in [6.07, 6.45) is 1.53. The zero-order chi connectivity index (χ0) is 17.9. The number of rotatable bonds is 5. The van der Waals surface area contributed by atoms with E-state index in [1.54, 1.807) is 30.2 Å². The number of carbonyl (C=O) groups is 1. The number of methoxy groups -OCH3 is 1. The summed E-state index contributed by atoms with van der Waals surface area (Å²) in [5.41, 5.74) is 4.69. The molecule has 26 heavy (non-hydrogen) atoms. The van der Waals surface area contributed by atoms with Crippen molar-refractivity contribution < 1.29 is 9.53 Å². The maximum absolute atomic E-state index is 12.9. The Morgan fingerprint density at radius 3 is 2.58 bits per heavy atom. The van der Waals surface area contributed by atoms with Crippen molar-refractivity contribution in [3.63, 3.8) is 0 Å². The van der Waals surface area contributed by atoms with E-state index in [1.165, 1.54) is 20.9 Å². The van der Waals surface area contributed by atoms with Gasteiger partial charge in [0.05, 0.1) is 11.3 Å². The second-order valence-corrected chi connectivity index (χ2v) is 8.62. The summed E-state index contributed by atoms with van der Waals surface area (Å²) in [6, 6.07) is 18.5. The predicted molar refractivity (Wildman–Crippen MR) is 109 cm³/mol. The third-order valence-electron chi connectivity index (χ3n) is 4.81. The normalized spacial score (nSPS) is 16.3. The first-order valence-corrected chi connectivity index (χ1v) is 10.6. The first-order chi connectivity index (χ1) is 12.7. The maximum atomic E-state index is 12.9. The van der Waals surface area contributed by atoms with Gasteiger partial charge >= 0.3 is 0 Å². The molecule has 1 atom stereocenters. The Morgan fingerprint density at radius 2 is 1.85 bits per heavy atom. The molecule has 0 radical (unpaired) electrons. The Bertz CT molecular complexity index is 898. The van der Waals surface area contributed by atoms with Crippen LogP contribution >= 0.6 is 23.1 Å². The largest absolute Gasteiger partial charge is 0.497 e. The van der Waals surface area contributed by atoms with Crippen LogP contribution in [0.4, 0.5) is 0 Å². The fourth-order valence-corrected chi connectivity index (χ4v) is 5.72. The molecule has 3 aromatic rings. The fourth-order valence-electron chi connectivity index (χ4n) is 3.42. The molecule has 4 heteroatoms. The lowest BCUT2D eigenvalue weighted by molar-refractivity contribution is 0.0962. The molecule has 1 aliphatic rings. The van der Waals surface area contributed by atoms with Crippen LogP contribution in [-0.4, -0.2) is 12.9 Å². The summed E-state index contributed by atoms with van der Waals surface area (Å²) in [5.74, 6) is 2.31. The zero-order valence-electron chi connectivity index (χ0n) is 14.6. The standard InChI is InChI=1S/C22H20O2S2/c1-24-19-9-7-16(8-10-19)17-11-18-14-26-22(21(18)20(23)12-17)25-13-15-5-3-2-4-6-15/h2-10,14,17H,11-13H2,1H3. The van der Waals surface area contributed by atoms with Gasteiger partial charge in [-0.05, 0) is 46.5 Å². The Balaban J connectivity index is 1.51. The maximum Gasteiger partial charge on any atom is 0.165 e. The van der Waals surface area contributed by atoms with Gasteiger partial charge in [0.2, 0.25) is 0 Å². The van der Waals surface area contributed by atoms with Gasteiger partial charge in [0.1, 0.15) is 5.75 Å². The Kier molecular flexibility index (Phi) is 5.14. The molecule has 2 nitrogen and oxygen atoms in total. The number of hydrogen-bond acceptors (Lipinski definition) is 4. The van der Waals surface area contributed by atoms with E-state index in [2.05, 4.69) is 41.8 Å². The molecule has 1 heterocycles. The quantitative estimate of drug-likeness (QED) is 0.511. The first kappa shape index (κ1) is 17.4. The molecule has 0 bridgehead atoms. The van der Waals surface area contributed by atoms with Gasteiger partial charge in [-0.15, -0.1) is 23.1 Å². The molecule has 0 N–H and O–H groups in total. The highest BCUT2D eigenvalue weighted by Crippen LogP contribution is 2.42. The molecule has 1 aliphatic carbocycles. The molecule has 0 saturated heterocycles. The van der Waals surface area contributed by atoms with Gasteiger partial charge < -0.3 is 4.74 Å². The van der Waals surface area contributed by atoms with E-state index in [1.807, 2.05) is 18.2 Å². The number of Topliss-reactive ketones (excluding diaryl/α,β-unsaturated/α-hetero) is 1. The highest BCUT2D eigenvalue weighted by Gasteiger charge is 2.29. The molecular formula is C22H20O2S2. The van der Waals surface area contributed by atoms with E-state index >= 15 is 0 Å². The summed E-state index contributed by atoms with van der Waals surface area (Å²) in [6.45, 7) is 0. The third-order valence-corrected chi connectivity index (χ3v) is 7.22. The van der Waals surface area contributed by atoms with Crippen molar-refractivity contribution in [1.29, 1.82) is 0 Å². The minimum Gasteiger partial charge on any atom is -0.497 e. The first-order valence-electron chi connectivity index (χ1n) is 8.69. The van der Waals surface area contributed by atoms with Crippen molar-refractivity contribution in [2.75, 3.05) is 7.11 Å². The third kappa shape index (κ3) is 3.57. The summed E-state index contributed by atoms with van der Waals surface area (Å²) < 4.78 is 6.40. The molecule has 4 rings (SSSR count). The predicted octanol–water partition coefficient (Wildman–Crippen LogP) is 5.96. The van der Waals surface area contributed by atoms with Crippen LogP contribution in [0.25, 0.3) is 0 Å². The Hall–Kier alpha value is -2.04. The van der Waals surface area contributed by atoms with E-state index in [4.69, 9.17) is 4.74 Å². The second kappa shape index (κ2) is 7.68. The van der Waals surface area contributed by atoms with Gasteiger partial charge in [0.15, 0.2) is 5.78 Å². The number of fused-ring (bicyclic) bond motifs is 1. The number of hydrogen-bond donors (Lipinski definition) is 0. The summed E-state index contributed by atoms with van der Waals surface area (Å²) >= 11 is 3.50. The van der Waals surface area contributed by atoms with Gasteiger partial charge in [-0.2, -0.15) is 0 Å². The average molecular weight is 381 g/mol. The molecule has 0 aliphatic heterocycles. The number of thioether (sulfide) groups is 1. The van der Waals surface area contributed by atoms with Gasteiger partial charge in [-0.25, -0.2) is 0 Å². The Labute approximate surface area is 162 Å². The van der Waals surface area contributed by atoms with Crippen LogP contribution in [0.3, 0.4) is 0 Å². The second-order valence-electron chi connectivity index (χ2n) is 6.50. The highest BCUT2D eigenvalue weighted by molar-refractivity contribution is 8.00. The van der Waals surface area contributed by atoms with Crippen LogP contribution in [-0.2, 0) is 12.2 Å².